The molecule has 1 aromatic heterocycles. The normalized spacial score (nSPS) is 10.0. The first-order chi connectivity index (χ1) is 7.70. The van der Waals surface area contributed by atoms with Gasteiger partial charge in [0.2, 0.25) is 0 Å². The molecule has 2 rings (SSSR count). The van der Waals surface area contributed by atoms with E-state index < -0.39 is 4.92 Å². The molecule has 0 fully saturated rings. The third-order valence-electron chi connectivity index (χ3n) is 2.06. The Kier molecular flexibility index (Phi) is 2.47. The number of non-ortho nitro benzene ring substituents is 1. The van der Waals surface area contributed by atoms with Gasteiger partial charge in [-0.2, -0.15) is 5.10 Å². The number of nitro groups is 1. The molecule has 80 valence electrons. The number of carbonyl (C=O) groups excluding carboxylic acids is 1. The molecule has 16 heavy (non-hydrogen) atoms. The SMILES string of the molecule is O=Cc1ccn(-c2ccc([N+](=O)[O-])cc2)n1. The van der Waals surface area contributed by atoms with Crippen LogP contribution in [0.25, 0.3) is 5.69 Å². The lowest BCUT2D eigenvalue weighted by atomic mass is 10.3. The van der Waals surface area contributed by atoms with E-state index in [9.17, 15) is 14.9 Å². The summed E-state index contributed by atoms with van der Waals surface area (Å²) in [5.41, 5.74) is 1.00. The van der Waals surface area contributed by atoms with Gasteiger partial charge in [-0.25, -0.2) is 4.68 Å². The first-order valence-electron chi connectivity index (χ1n) is 4.46. The highest BCUT2D eigenvalue weighted by atomic mass is 16.6. The fourth-order valence-electron chi connectivity index (χ4n) is 1.27. The van der Waals surface area contributed by atoms with Crippen molar-refractivity contribution >= 4 is 12.0 Å². The maximum absolute atomic E-state index is 10.4. The summed E-state index contributed by atoms with van der Waals surface area (Å²) >= 11 is 0. The molecule has 6 heteroatoms. The average Bonchev–Trinajstić information content (AvgIpc) is 2.77. The number of hydrogen-bond donors (Lipinski definition) is 0. The zero-order chi connectivity index (χ0) is 11.5. The number of benzene rings is 1. The van der Waals surface area contributed by atoms with Crippen molar-refractivity contribution in [2.45, 2.75) is 0 Å². The van der Waals surface area contributed by atoms with E-state index >= 15 is 0 Å². The van der Waals surface area contributed by atoms with Crippen LogP contribution in [0.1, 0.15) is 10.5 Å². The van der Waals surface area contributed by atoms with Crippen molar-refractivity contribution in [3.05, 3.63) is 52.3 Å². The summed E-state index contributed by atoms with van der Waals surface area (Å²) in [6.07, 6.45) is 2.26. The van der Waals surface area contributed by atoms with Crippen molar-refractivity contribution < 1.29 is 9.72 Å². The van der Waals surface area contributed by atoms with Crippen LogP contribution in [-0.4, -0.2) is 21.0 Å². The number of nitrogens with zero attached hydrogens (tertiary/aromatic N) is 3. The maximum atomic E-state index is 10.4. The van der Waals surface area contributed by atoms with Gasteiger partial charge in [-0.05, 0) is 18.2 Å². The van der Waals surface area contributed by atoms with Crippen LogP contribution in [0, 0.1) is 10.1 Å². The van der Waals surface area contributed by atoms with E-state index in [0.29, 0.717) is 17.7 Å². The van der Waals surface area contributed by atoms with Gasteiger partial charge in [-0.15, -0.1) is 0 Å². The molecule has 0 amide bonds. The Labute approximate surface area is 90.3 Å². The fourth-order valence-corrected chi connectivity index (χ4v) is 1.27. The lowest BCUT2D eigenvalue weighted by molar-refractivity contribution is -0.384. The topological polar surface area (TPSA) is 78.0 Å². The van der Waals surface area contributed by atoms with Crippen molar-refractivity contribution in [3.8, 4) is 5.69 Å². The quantitative estimate of drug-likeness (QED) is 0.444. The summed E-state index contributed by atoms with van der Waals surface area (Å²) in [5, 5.41) is 14.4. The first kappa shape index (κ1) is 10.0. The minimum absolute atomic E-state index is 0.0199. The van der Waals surface area contributed by atoms with Crippen LogP contribution in [0.2, 0.25) is 0 Å². The Morgan fingerprint density at radius 3 is 2.44 bits per heavy atom. The first-order valence-corrected chi connectivity index (χ1v) is 4.46. The Hall–Kier alpha value is -2.50. The minimum atomic E-state index is -0.469. The number of hydrogen-bond acceptors (Lipinski definition) is 4. The zero-order valence-electron chi connectivity index (χ0n) is 8.11. The highest BCUT2D eigenvalue weighted by Gasteiger charge is 2.05. The second-order valence-corrected chi connectivity index (χ2v) is 3.08. The van der Waals surface area contributed by atoms with E-state index in [-0.39, 0.29) is 5.69 Å². The number of nitro benzene ring substituents is 1. The summed E-state index contributed by atoms with van der Waals surface area (Å²) in [6.45, 7) is 0. The van der Waals surface area contributed by atoms with Crippen molar-refractivity contribution in [2.24, 2.45) is 0 Å². The van der Waals surface area contributed by atoms with Crippen LogP contribution in [-0.2, 0) is 0 Å². The molecule has 0 radical (unpaired) electrons. The molecule has 0 aliphatic carbocycles. The number of rotatable bonds is 3. The third-order valence-corrected chi connectivity index (χ3v) is 2.06. The second-order valence-electron chi connectivity index (χ2n) is 3.08. The molecule has 6 nitrogen and oxygen atoms in total. The maximum Gasteiger partial charge on any atom is 0.269 e. The molecule has 0 bridgehead atoms. The molecule has 0 saturated carbocycles. The van der Waals surface area contributed by atoms with Crippen molar-refractivity contribution in [1.29, 1.82) is 0 Å². The monoisotopic (exact) mass is 217 g/mol. The molecular weight excluding hydrogens is 210 g/mol. The second kappa shape index (κ2) is 3.93. The van der Waals surface area contributed by atoms with Gasteiger partial charge in [0.1, 0.15) is 5.69 Å². The Morgan fingerprint density at radius 2 is 1.94 bits per heavy atom. The van der Waals surface area contributed by atoms with E-state index in [1.807, 2.05) is 0 Å². The van der Waals surface area contributed by atoms with Gasteiger partial charge in [-0.3, -0.25) is 14.9 Å². The number of aldehydes is 1. The highest BCUT2D eigenvalue weighted by molar-refractivity contribution is 5.71. The van der Waals surface area contributed by atoms with E-state index in [0.717, 1.165) is 0 Å². The molecule has 0 aliphatic rings. The van der Waals surface area contributed by atoms with Gasteiger partial charge >= 0.3 is 0 Å². The van der Waals surface area contributed by atoms with Crippen molar-refractivity contribution in [3.63, 3.8) is 0 Å². The Morgan fingerprint density at radius 1 is 1.25 bits per heavy atom. The zero-order valence-corrected chi connectivity index (χ0v) is 8.11. The summed E-state index contributed by atoms with van der Waals surface area (Å²) in [7, 11) is 0. The summed E-state index contributed by atoms with van der Waals surface area (Å²) in [6, 6.07) is 7.48. The molecule has 0 saturated heterocycles. The predicted molar refractivity (Wildman–Crippen MR) is 55.6 cm³/mol. The highest BCUT2D eigenvalue weighted by Crippen LogP contribution is 2.14. The minimum Gasteiger partial charge on any atom is -0.296 e. The van der Waals surface area contributed by atoms with E-state index in [4.69, 9.17) is 0 Å². The van der Waals surface area contributed by atoms with Crippen LogP contribution < -0.4 is 0 Å². The van der Waals surface area contributed by atoms with Crippen LogP contribution in [0.5, 0.6) is 0 Å². The molecule has 0 aliphatic heterocycles. The van der Waals surface area contributed by atoms with Crippen molar-refractivity contribution in [2.75, 3.05) is 0 Å². The summed E-state index contributed by atoms with van der Waals surface area (Å²) in [4.78, 5) is 20.4. The van der Waals surface area contributed by atoms with Crippen LogP contribution in [0.4, 0.5) is 5.69 Å². The molecule has 1 heterocycles. The van der Waals surface area contributed by atoms with E-state index in [1.165, 1.54) is 16.8 Å². The van der Waals surface area contributed by atoms with E-state index in [1.54, 1.807) is 24.4 Å². The largest absolute Gasteiger partial charge is 0.296 e. The lowest BCUT2D eigenvalue weighted by Gasteiger charge is -1.99. The van der Waals surface area contributed by atoms with Gasteiger partial charge in [0, 0.05) is 18.3 Å². The van der Waals surface area contributed by atoms with Gasteiger partial charge < -0.3 is 0 Å². The average molecular weight is 217 g/mol. The smallest absolute Gasteiger partial charge is 0.269 e. The van der Waals surface area contributed by atoms with Gasteiger partial charge in [0.25, 0.3) is 5.69 Å². The predicted octanol–water partition coefficient (Wildman–Crippen LogP) is 1.59. The molecule has 2 aromatic rings. The molecule has 0 atom stereocenters. The van der Waals surface area contributed by atoms with Gasteiger partial charge in [0.15, 0.2) is 6.29 Å². The fraction of sp³-hybridized carbons (Fsp3) is 0. The number of carbonyl (C=O) groups is 1. The lowest BCUT2D eigenvalue weighted by Crippen LogP contribution is -1.96. The molecule has 1 aromatic carbocycles. The Bertz CT molecular complexity index is 530. The summed E-state index contributed by atoms with van der Waals surface area (Å²) < 4.78 is 1.48. The van der Waals surface area contributed by atoms with Crippen LogP contribution in [0.3, 0.4) is 0 Å². The molecule has 0 N–H and O–H groups in total. The van der Waals surface area contributed by atoms with Gasteiger partial charge in [-0.1, -0.05) is 0 Å². The standard InChI is InChI=1S/C10H7N3O3/c14-7-8-5-6-12(11-8)9-1-3-10(4-2-9)13(15)16/h1-7H. The van der Waals surface area contributed by atoms with Gasteiger partial charge in [0.05, 0.1) is 10.6 Å². The summed E-state index contributed by atoms with van der Waals surface area (Å²) in [5.74, 6) is 0. The molecule has 0 unspecified atom stereocenters. The van der Waals surface area contributed by atoms with Crippen molar-refractivity contribution in [1.82, 2.24) is 9.78 Å². The molecule has 0 spiro atoms. The van der Waals surface area contributed by atoms with Crippen LogP contribution in [0.15, 0.2) is 36.5 Å². The molecular formula is C10H7N3O3. The number of aromatic nitrogens is 2. The van der Waals surface area contributed by atoms with E-state index in [2.05, 4.69) is 5.10 Å². The third kappa shape index (κ3) is 1.81. The Balaban J connectivity index is 2.34. The van der Waals surface area contributed by atoms with Crippen LogP contribution >= 0.6 is 0 Å².